The Kier molecular flexibility index (Phi) is 5.43. The highest BCUT2D eigenvalue weighted by molar-refractivity contribution is 5.93. The Balaban J connectivity index is 2.17. The third-order valence-electron chi connectivity index (χ3n) is 3.95. The summed E-state index contributed by atoms with van der Waals surface area (Å²) in [5.41, 5.74) is 10.7. The van der Waals surface area contributed by atoms with Gasteiger partial charge in [0.2, 0.25) is 5.91 Å². The van der Waals surface area contributed by atoms with E-state index in [1.165, 1.54) is 11.1 Å². The van der Waals surface area contributed by atoms with Crippen LogP contribution in [-0.4, -0.2) is 5.91 Å². The van der Waals surface area contributed by atoms with Crippen LogP contribution in [0.4, 0.5) is 11.4 Å². The predicted molar refractivity (Wildman–Crippen MR) is 97.8 cm³/mol. The zero-order valence-corrected chi connectivity index (χ0v) is 14.4. The Labute approximate surface area is 138 Å². The first-order valence-electron chi connectivity index (χ1n) is 8.15. The van der Waals surface area contributed by atoms with E-state index in [4.69, 9.17) is 5.73 Å². The van der Waals surface area contributed by atoms with Crippen LogP contribution in [0.3, 0.4) is 0 Å². The third kappa shape index (κ3) is 4.59. The number of anilines is 2. The van der Waals surface area contributed by atoms with Gasteiger partial charge in [0, 0.05) is 11.4 Å². The van der Waals surface area contributed by atoms with Crippen molar-refractivity contribution >= 4 is 17.3 Å². The second-order valence-electron chi connectivity index (χ2n) is 6.63. The van der Waals surface area contributed by atoms with Crippen LogP contribution in [0.5, 0.6) is 0 Å². The van der Waals surface area contributed by atoms with Crippen molar-refractivity contribution in [2.24, 2.45) is 0 Å². The number of rotatable bonds is 5. The Morgan fingerprint density at radius 3 is 2.39 bits per heavy atom. The number of hydrogen-bond donors (Lipinski definition) is 2. The zero-order chi connectivity index (χ0) is 17.0. The number of benzene rings is 2. The van der Waals surface area contributed by atoms with Gasteiger partial charge in [-0.3, -0.25) is 4.79 Å². The summed E-state index contributed by atoms with van der Waals surface area (Å²) in [6.45, 7) is 8.65. The van der Waals surface area contributed by atoms with Gasteiger partial charge >= 0.3 is 0 Å². The molecule has 3 heteroatoms. The first-order chi connectivity index (χ1) is 10.9. The van der Waals surface area contributed by atoms with Crippen molar-refractivity contribution in [3.05, 3.63) is 59.2 Å². The van der Waals surface area contributed by atoms with Gasteiger partial charge in [0.05, 0.1) is 6.42 Å². The molecule has 0 spiro atoms. The van der Waals surface area contributed by atoms with Crippen LogP contribution in [-0.2, 0) is 11.2 Å². The molecule has 2 aromatic rings. The molecule has 3 N–H and O–H groups in total. The monoisotopic (exact) mass is 310 g/mol. The maximum Gasteiger partial charge on any atom is 0.228 e. The van der Waals surface area contributed by atoms with Crippen LogP contribution >= 0.6 is 0 Å². The van der Waals surface area contributed by atoms with Crippen molar-refractivity contribution in [3.8, 4) is 0 Å². The topological polar surface area (TPSA) is 55.1 Å². The predicted octanol–water partition coefficient (Wildman–Crippen LogP) is 4.70. The van der Waals surface area contributed by atoms with E-state index in [0.717, 1.165) is 11.3 Å². The van der Waals surface area contributed by atoms with Gasteiger partial charge < -0.3 is 11.1 Å². The number of carbonyl (C=O) groups is 1. The highest BCUT2D eigenvalue weighted by Gasteiger charge is 2.12. The maximum atomic E-state index is 12.3. The molecule has 0 radical (unpaired) electrons. The summed E-state index contributed by atoms with van der Waals surface area (Å²) in [7, 11) is 0. The maximum absolute atomic E-state index is 12.3. The molecule has 122 valence electrons. The van der Waals surface area contributed by atoms with E-state index in [-0.39, 0.29) is 5.91 Å². The first-order valence-corrected chi connectivity index (χ1v) is 8.15. The molecule has 23 heavy (non-hydrogen) atoms. The summed E-state index contributed by atoms with van der Waals surface area (Å²) in [6.07, 6.45) is 0.328. The van der Waals surface area contributed by atoms with E-state index in [9.17, 15) is 4.79 Å². The summed E-state index contributed by atoms with van der Waals surface area (Å²) in [5.74, 6) is 0.815. The Morgan fingerprint density at radius 1 is 1.04 bits per heavy atom. The lowest BCUT2D eigenvalue weighted by molar-refractivity contribution is -0.115. The number of nitrogen functional groups attached to an aromatic ring is 1. The largest absolute Gasteiger partial charge is 0.399 e. The van der Waals surface area contributed by atoms with Gasteiger partial charge in [0.1, 0.15) is 0 Å². The van der Waals surface area contributed by atoms with E-state index in [1.54, 1.807) is 0 Å². The molecule has 2 aromatic carbocycles. The molecule has 0 aliphatic rings. The highest BCUT2D eigenvalue weighted by atomic mass is 16.1. The van der Waals surface area contributed by atoms with E-state index >= 15 is 0 Å². The molecule has 0 saturated heterocycles. The average molecular weight is 310 g/mol. The van der Waals surface area contributed by atoms with E-state index in [2.05, 4.69) is 45.1 Å². The number of carbonyl (C=O) groups excluding carboxylic acids is 1. The van der Waals surface area contributed by atoms with Crippen molar-refractivity contribution in [1.82, 2.24) is 0 Å². The van der Waals surface area contributed by atoms with Gasteiger partial charge in [0.15, 0.2) is 0 Å². The second kappa shape index (κ2) is 7.32. The third-order valence-corrected chi connectivity index (χ3v) is 3.95. The fourth-order valence-corrected chi connectivity index (χ4v) is 2.61. The minimum atomic E-state index is -0.0187. The smallest absolute Gasteiger partial charge is 0.228 e. The standard InChI is InChI=1S/C20H26N2O/c1-13(2)16-8-9-19(18(12-16)14(3)4)22-20(23)11-15-6-5-7-17(21)10-15/h5-10,12-14H,11,21H2,1-4H3,(H,22,23). The quantitative estimate of drug-likeness (QED) is 0.787. The highest BCUT2D eigenvalue weighted by Crippen LogP contribution is 2.28. The molecule has 1 amide bonds. The summed E-state index contributed by atoms with van der Waals surface area (Å²) in [4.78, 5) is 12.3. The number of amides is 1. The lowest BCUT2D eigenvalue weighted by Gasteiger charge is -2.17. The molecule has 2 rings (SSSR count). The number of nitrogens with one attached hydrogen (secondary N) is 1. The molecule has 0 saturated carbocycles. The molecular formula is C20H26N2O. The Bertz CT molecular complexity index is 690. The van der Waals surface area contributed by atoms with Crippen LogP contribution in [0.2, 0.25) is 0 Å². The van der Waals surface area contributed by atoms with Gasteiger partial charge in [-0.05, 0) is 46.7 Å². The zero-order valence-electron chi connectivity index (χ0n) is 14.4. The molecule has 0 aliphatic heterocycles. The van der Waals surface area contributed by atoms with Crippen molar-refractivity contribution in [1.29, 1.82) is 0 Å². The minimum absolute atomic E-state index is 0.0187. The normalized spacial score (nSPS) is 11.0. The van der Waals surface area contributed by atoms with Crippen molar-refractivity contribution in [2.45, 2.75) is 46.0 Å². The molecule has 0 fully saturated rings. The second-order valence-corrected chi connectivity index (χ2v) is 6.63. The lowest BCUT2D eigenvalue weighted by atomic mass is 9.94. The van der Waals surface area contributed by atoms with Crippen molar-refractivity contribution in [3.63, 3.8) is 0 Å². The fraction of sp³-hybridized carbons (Fsp3) is 0.350. The first kappa shape index (κ1) is 17.1. The molecule has 0 heterocycles. The molecule has 0 unspecified atom stereocenters. The van der Waals surface area contributed by atoms with Crippen LogP contribution in [0.25, 0.3) is 0 Å². The minimum Gasteiger partial charge on any atom is -0.399 e. The SMILES string of the molecule is CC(C)c1ccc(NC(=O)Cc2cccc(N)c2)c(C(C)C)c1. The lowest BCUT2D eigenvalue weighted by Crippen LogP contribution is -2.16. The summed E-state index contributed by atoms with van der Waals surface area (Å²) < 4.78 is 0. The van der Waals surface area contributed by atoms with Crippen LogP contribution in [0.1, 0.15) is 56.2 Å². The Morgan fingerprint density at radius 2 is 1.78 bits per heavy atom. The van der Waals surface area contributed by atoms with Crippen molar-refractivity contribution < 1.29 is 4.79 Å². The van der Waals surface area contributed by atoms with E-state index in [1.807, 2.05) is 30.3 Å². The summed E-state index contributed by atoms with van der Waals surface area (Å²) in [6, 6.07) is 13.8. The molecular weight excluding hydrogens is 284 g/mol. The van der Waals surface area contributed by atoms with Crippen LogP contribution < -0.4 is 11.1 Å². The van der Waals surface area contributed by atoms with E-state index < -0.39 is 0 Å². The molecule has 0 aromatic heterocycles. The molecule has 0 aliphatic carbocycles. The van der Waals surface area contributed by atoms with E-state index in [0.29, 0.717) is 23.9 Å². The molecule has 0 bridgehead atoms. The Hall–Kier alpha value is -2.29. The number of nitrogens with two attached hydrogens (primary N) is 1. The fourth-order valence-electron chi connectivity index (χ4n) is 2.61. The van der Waals surface area contributed by atoms with Gasteiger partial charge in [-0.2, -0.15) is 0 Å². The van der Waals surface area contributed by atoms with Gasteiger partial charge in [-0.1, -0.05) is 52.0 Å². The summed E-state index contributed by atoms with van der Waals surface area (Å²) >= 11 is 0. The molecule has 3 nitrogen and oxygen atoms in total. The van der Waals surface area contributed by atoms with Gasteiger partial charge in [-0.25, -0.2) is 0 Å². The van der Waals surface area contributed by atoms with Crippen LogP contribution in [0, 0.1) is 0 Å². The summed E-state index contributed by atoms with van der Waals surface area (Å²) in [5, 5.41) is 3.05. The van der Waals surface area contributed by atoms with Crippen molar-refractivity contribution in [2.75, 3.05) is 11.1 Å². The van der Waals surface area contributed by atoms with Crippen LogP contribution in [0.15, 0.2) is 42.5 Å². The average Bonchev–Trinajstić information content (AvgIpc) is 2.47. The number of hydrogen-bond acceptors (Lipinski definition) is 2. The molecule has 0 atom stereocenters. The van der Waals surface area contributed by atoms with Gasteiger partial charge in [0.25, 0.3) is 0 Å². The van der Waals surface area contributed by atoms with Gasteiger partial charge in [-0.15, -0.1) is 0 Å².